The Morgan fingerprint density at radius 1 is 1.22 bits per heavy atom. The Morgan fingerprint density at radius 3 is 2.48 bits per heavy atom. The lowest BCUT2D eigenvalue weighted by molar-refractivity contribution is -0.141. The summed E-state index contributed by atoms with van der Waals surface area (Å²) in [5.41, 5.74) is 2.20. The molecule has 0 spiro atoms. The second-order valence-electron chi connectivity index (χ2n) is 6.19. The summed E-state index contributed by atoms with van der Waals surface area (Å²) in [4.78, 5) is 29.9. The van der Waals surface area contributed by atoms with Crippen molar-refractivity contribution < 1.29 is 14.7 Å². The van der Waals surface area contributed by atoms with Gasteiger partial charge in [-0.3, -0.25) is 14.6 Å². The van der Waals surface area contributed by atoms with Crippen molar-refractivity contribution in [1.29, 1.82) is 0 Å². The third kappa shape index (κ3) is 3.67. The van der Waals surface area contributed by atoms with Gasteiger partial charge in [-0.15, -0.1) is 0 Å². The molecule has 23 heavy (non-hydrogen) atoms. The van der Waals surface area contributed by atoms with E-state index in [0.717, 1.165) is 16.6 Å². The Kier molecular flexibility index (Phi) is 4.98. The zero-order chi connectivity index (χ0) is 17.1. The van der Waals surface area contributed by atoms with Gasteiger partial charge in [0.2, 0.25) is 0 Å². The molecule has 1 amide bonds. The average molecular weight is 314 g/mol. The lowest BCUT2D eigenvalue weighted by Gasteiger charge is -2.21. The molecule has 1 N–H and O–H groups in total. The number of para-hydroxylation sites is 1. The molecule has 0 aliphatic heterocycles. The van der Waals surface area contributed by atoms with E-state index >= 15 is 0 Å². The second-order valence-corrected chi connectivity index (χ2v) is 6.19. The molecule has 0 aliphatic carbocycles. The van der Waals surface area contributed by atoms with Gasteiger partial charge >= 0.3 is 5.97 Å². The van der Waals surface area contributed by atoms with Gasteiger partial charge in [0.1, 0.15) is 0 Å². The second kappa shape index (κ2) is 6.77. The van der Waals surface area contributed by atoms with Crippen LogP contribution in [-0.4, -0.2) is 40.5 Å². The van der Waals surface area contributed by atoms with Gasteiger partial charge in [0.15, 0.2) is 0 Å². The number of aromatic nitrogens is 1. The zero-order valence-corrected chi connectivity index (χ0v) is 13.9. The van der Waals surface area contributed by atoms with Crippen LogP contribution >= 0.6 is 0 Å². The first-order valence-corrected chi connectivity index (χ1v) is 7.69. The number of fused-ring (bicyclic) bond motifs is 1. The molecule has 1 unspecified atom stereocenters. The molecule has 0 aliphatic rings. The Morgan fingerprint density at radius 2 is 1.87 bits per heavy atom. The van der Waals surface area contributed by atoms with Crippen molar-refractivity contribution in [3.05, 3.63) is 41.6 Å². The van der Waals surface area contributed by atoms with Gasteiger partial charge in [-0.25, -0.2) is 0 Å². The van der Waals surface area contributed by atoms with Crippen LogP contribution in [0.25, 0.3) is 10.9 Å². The number of carbonyl (C=O) groups is 2. The average Bonchev–Trinajstić information content (AvgIpc) is 2.52. The number of aliphatic carboxylic acids is 1. The molecule has 0 radical (unpaired) electrons. The number of hydrogen-bond acceptors (Lipinski definition) is 3. The van der Waals surface area contributed by atoms with E-state index in [4.69, 9.17) is 5.11 Å². The minimum absolute atomic E-state index is 0.168. The Hall–Kier alpha value is -2.43. The molecule has 2 aromatic rings. The molecule has 0 fully saturated rings. The largest absolute Gasteiger partial charge is 0.481 e. The summed E-state index contributed by atoms with van der Waals surface area (Å²) in [5.74, 6) is -1.50. The van der Waals surface area contributed by atoms with Crippen LogP contribution in [0.2, 0.25) is 0 Å². The van der Waals surface area contributed by atoms with E-state index in [1.54, 1.807) is 14.0 Å². The highest BCUT2D eigenvalue weighted by atomic mass is 16.4. The van der Waals surface area contributed by atoms with Crippen LogP contribution in [0.1, 0.15) is 42.7 Å². The molecule has 5 heteroatoms. The summed E-state index contributed by atoms with van der Waals surface area (Å²) in [6, 6.07) is 9.34. The first kappa shape index (κ1) is 16.9. The van der Waals surface area contributed by atoms with Crippen molar-refractivity contribution in [2.45, 2.75) is 26.7 Å². The number of rotatable bonds is 5. The fourth-order valence-electron chi connectivity index (χ4n) is 2.45. The zero-order valence-electron chi connectivity index (χ0n) is 13.9. The maximum Gasteiger partial charge on any atom is 0.308 e. The molecule has 1 heterocycles. The van der Waals surface area contributed by atoms with Crippen molar-refractivity contribution in [2.75, 3.05) is 13.6 Å². The van der Waals surface area contributed by atoms with E-state index in [-0.39, 0.29) is 18.4 Å². The lowest BCUT2D eigenvalue weighted by Crippen LogP contribution is -2.34. The fourth-order valence-corrected chi connectivity index (χ4v) is 2.45. The van der Waals surface area contributed by atoms with Gasteiger partial charge in [0.25, 0.3) is 5.91 Å². The number of nitrogens with zero attached hydrogens (tertiary/aromatic N) is 2. The highest BCUT2D eigenvalue weighted by Crippen LogP contribution is 2.23. The van der Waals surface area contributed by atoms with Gasteiger partial charge in [0.05, 0.1) is 17.0 Å². The minimum atomic E-state index is -0.910. The van der Waals surface area contributed by atoms with Gasteiger partial charge in [-0.2, -0.15) is 0 Å². The summed E-state index contributed by atoms with van der Waals surface area (Å²) in [6.07, 6.45) is 0. The third-order valence-electron chi connectivity index (χ3n) is 3.87. The number of hydrogen-bond donors (Lipinski definition) is 1. The molecule has 1 atom stereocenters. The fraction of sp³-hybridized carbons (Fsp3) is 0.389. The highest BCUT2D eigenvalue weighted by Gasteiger charge is 2.21. The molecule has 1 aromatic carbocycles. The Labute approximate surface area is 135 Å². The van der Waals surface area contributed by atoms with Crippen molar-refractivity contribution >= 4 is 22.8 Å². The van der Waals surface area contributed by atoms with Crippen molar-refractivity contribution in [3.63, 3.8) is 0 Å². The van der Waals surface area contributed by atoms with Gasteiger partial charge < -0.3 is 10.0 Å². The summed E-state index contributed by atoms with van der Waals surface area (Å²) >= 11 is 0. The molecule has 122 valence electrons. The molecule has 1 aromatic heterocycles. The van der Waals surface area contributed by atoms with Crippen LogP contribution in [0.4, 0.5) is 0 Å². The number of pyridine rings is 1. The molecule has 0 saturated carbocycles. The predicted octanol–water partition coefficient (Wildman–Crippen LogP) is 3.15. The highest BCUT2D eigenvalue weighted by molar-refractivity contribution is 6.06. The van der Waals surface area contributed by atoms with E-state index in [1.165, 1.54) is 4.90 Å². The predicted molar refractivity (Wildman–Crippen MR) is 89.6 cm³/mol. The van der Waals surface area contributed by atoms with Crippen molar-refractivity contribution in [3.8, 4) is 0 Å². The first-order valence-electron chi connectivity index (χ1n) is 7.69. The summed E-state index contributed by atoms with van der Waals surface area (Å²) in [6.45, 7) is 5.82. The van der Waals surface area contributed by atoms with E-state index < -0.39 is 11.9 Å². The van der Waals surface area contributed by atoms with Gasteiger partial charge in [-0.05, 0) is 18.1 Å². The number of carbonyl (C=O) groups excluding carboxylic acids is 1. The third-order valence-corrected chi connectivity index (χ3v) is 3.87. The van der Waals surface area contributed by atoms with Gasteiger partial charge in [-0.1, -0.05) is 39.0 Å². The maximum absolute atomic E-state index is 12.8. The summed E-state index contributed by atoms with van der Waals surface area (Å²) < 4.78 is 0. The molecule has 0 saturated heterocycles. The SMILES string of the molecule is CC(CN(C)C(=O)c1cc(C(C)C)nc2ccccc12)C(=O)O. The molecular formula is C18H22N2O3. The maximum atomic E-state index is 12.8. The first-order chi connectivity index (χ1) is 10.8. The summed E-state index contributed by atoms with van der Waals surface area (Å²) in [7, 11) is 1.63. The van der Waals surface area contributed by atoms with Gasteiger partial charge in [0, 0.05) is 24.7 Å². The molecular weight excluding hydrogens is 292 g/mol. The van der Waals surface area contributed by atoms with E-state index in [9.17, 15) is 9.59 Å². The number of carboxylic acids is 1. The minimum Gasteiger partial charge on any atom is -0.481 e. The Balaban J connectivity index is 2.44. The van der Waals surface area contributed by atoms with Crippen LogP contribution in [0.3, 0.4) is 0 Å². The van der Waals surface area contributed by atoms with E-state index in [0.29, 0.717) is 5.56 Å². The quantitative estimate of drug-likeness (QED) is 0.920. The van der Waals surface area contributed by atoms with Crippen LogP contribution in [0, 0.1) is 5.92 Å². The van der Waals surface area contributed by atoms with Crippen LogP contribution in [-0.2, 0) is 4.79 Å². The molecule has 0 bridgehead atoms. The normalized spacial score (nSPS) is 12.4. The smallest absolute Gasteiger partial charge is 0.308 e. The number of carboxylic acid groups (broad SMARTS) is 1. The van der Waals surface area contributed by atoms with Crippen LogP contribution in [0.5, 0.6) is 0 Å². The van der Waals surface area contributed by atoms with Crippen LogP contribution in [0.15, 0.2) is 30.3 Å². The van der Waals surface area contributed by atoms with E-state index in [1.807, 2.05) is 44.2 Å². The standard InChI is InChI=1S/C18H22N2O3/c1-11(2)16-9-14(13-7-5-6-8-15(13)19-16)17(21)20(4)10-12(3)18(22)23/h5-9,11-12H,10H2,1-4H3,(H,22,23). The monoisotopic (exact) mass is 314 g/mol. The topological polar surface area (TPSA) is 70.5 Å². The molecule has 5 nitrogen and oxygen atoms in total. The van der Waals surface area contributed by atoms with Crippen molar-refractivity contribution in [2.24, 2.45) is 5.92 Å². The Bertz CT molecular complexity index is 740. The lowest BCUT2D eigenvalue weighted by atomic mass is 10.0. The van der Waals surface area contributed by atoms with E-state index in [2.05, 4.69) is 4.98 Å². The number of benzene rings is 1. The summed E-state index contributed by atoms with van der Waals surface area (Å²) in [5, 5.41) is 9.81. The van der Waals surface area contributed by atoms with Crippen LogP contribution < -0.4 is 0 Å². The number of amides is 1. The molecule has 2 rings (SSSR count). The van der Waals surface area contributed by atoms with Crippen molar-refractivity contribution in [1.82, 2.24) is 9.88 Å².